The number of ether oxygens (including phenoxy) is 2. The average molecular weight is 234 g/mol. The number of carbonyl (C=O) groups is 1. The summed E-state index contributed by atoms with van der Waals surface area (Å²) in [5.74, 6) is -0.630. The lowest BCUT2D eigenvalue weighted by Gasteiger charge is -2.09. The van der Waals surface area contributed by atoms with Gasteiger partial charge in [-0.05, 0) is 24.3 Å². The van der Waals surface area contributed by atoms with Gasteiger partial charge in [0.05, 0.1) is 0 Å². The van der Waals surface area contributed by atoms with E-state index in [9.17, 15) is 18.0 Å². The minimum atomic E-state index is -4.72. The van der Waals surface area contributed by atoms with Gasteiger partial charge < -0.3 is 9.47 Å². The Hall–Kier alpha value is -1.72. The second-order valence-electron chi connectivity index (χ2n) is 2.85. The second-order valence-corrected chi connectivity index (χ2v) is 2.85. The molecule has 0 bridgehead atoms. The molecule has 0 fully saturated rings. The van der Waals surface area contributed by atoms with Crippen molar-refractivity contribution in [3.05, 3.63) is 24.3 Å². The number of benzene rings is 1. The van der Waals surface area contributed by atoms with Gasteiger partial charge in [-0.3, -0.25) is 4.79 Å². The third kappa shape index (κ3) is 4.20. The third-order valence-electron chi connectivity index (χ3n) is 1.58. The van der Waals surface area contributed by atoms with Crippen molar-refractivity contribution in [1.29, 1.82) is 0 Å². The van der Waals surface area contributed by atoms with Crippen LogP contribution >= 0.6 is 0 Å². The zero-order valence-electron chi connectivity index (χ0n) is 8.38. The van der Waals surface area contributed by atoms with E-state index in [1.807, 2.05) is 0 Å². The molecule has 3 nitrogen and oxygen atoms in total. The maximum Gasteiger partial charge on any atom is 0.573 e. The molecule has 88 valence electrons. The molecule has 0 saturated heterocycles. The van der Waals surface area contributed by atoms with Crippen molar-refractivity contribution >= 4 is 5.97 Å². The van der Waals surface area contributed by atoms with E-state index >= 15 is 0 Å². The lowest BCUT2D eigenvalue weighted by molar-refractivity contribution is -0.274. The van der Waals surface area contributed by atoms with E-state index in [0.29, 0.717) is 0 Å². The van der Waals surface area contributed by atoms with E-state index in [2.05, 4.69) is 4.74 Å². The van der Waals surface area contributed by atoms with Gasteiger partial charge in [0, 0.05) is 6.42 Å². The molecule has 0 aromatic heterocycles. The van der Waals surface area contributed by atoms with Crippen LogP contribution in [0, 0.1) is 0 Å². The summed E-state index contributed by atoms with van der Waals surface area (Å²) < 4.78 is 43.8. The molecular weight excluding hydrogens is 225 g/mol. The van der Waals surface area contributed by atoms with Gasteiger partial charge in [0.2, 0.25) is 0 Å². The Kier molecular flexibility index (Phi) is 3.76. The maximum absolute atomic E-state index is 11.8. The van der Waals surface area contributed by atoms with Gasteiger partial charge in [0.15, 0.2) is 0 Å². The lowest BCUT2D eigenvalue weighted by Crippen LogP contribution is -2.17. The number of esters is 1. The molecule has 1 aromatic carbocycles. The summed E-state index contributed by atoms with van der Waals surface area (Å²) in [6.45, 7) is 1.61. The Morgan fingerprint density at radius 1 is 1.19 bits per heavy atom. The van der Waals surface area contributed by atoms with Crippen LogP contribution in [0.25, 0.3) is 0 Å². The van der Waals surface area contributed by atoms with Gasteiger partial charge in [0.1, 0.15) is 11.5 Å². The Morgan fingerprint density at radius 3 is 2.12 bits per heavy atom. The minimum Gasteiger partial charge on any atom is -0.427 e. The van der Waals surface area contributed by atoms with Crippen molar-refractivity contribution < 1.29 is 27.4 Å². The van der Waals surface area contributed by atoms with E-state index in [0.717, 1.165) is 12.1 Å². The summed E-state index contributed by atoms with van der Waals surface area (Å²) in [6.07, 6.45) is -4.53. The fraction of sp³-hybridized carbons (Fsp3) is 0.300. The molecule has 0 aliphatic heterocycles. The van der Waals surface area contributed by atoms with Gasteiger partial charge in [0.25, 0.3) is 0 Å². The van der Waals surface area contributed by atoms with Crippen molar-refractivity contribution in [2.75, 3.05) is 0 Å². The fourth-order valence-electron chi connectivity index (χ4n) is 0.913. The molecule has 0 unspecified atom stereocenters. The average Bonchev–Trinajstić information content (AvgIpc) is 2.18. The third-order valence-corrected chi connectivity index (χ3v) is 1.58. The van der Waals surface area contributed by atoms with Crippen molar-refractivity contribution in [3.63, 3.8) is 0 Å². The van der Waals surface area contributed by atoms with Crippen molar-refractivity contribution in [2.45, 2.75) is 19.7 Å². The number of hydrogen-bond acceptors (Lipinski definition) is 3. The number of alkyl halides is 3. The van der Waals surface area contributed by atoms with Crippen LogP contribution in [0.4, 0.5) is 13.2 Å². The van der Waals surface area contributed by atoms with E-state index < -0.39 is 12.3 Å². The smallest absolute Gasteiger partial charge is 0.427 e. The van der Waals surface area contributed by atoms with Crippen LogP contribution in [0.1, 0.15) is 13.3 Å². The first-order valence-electron chi connectivity index (χ1n) is 4.47. The highest BCUT2D eigenvalue weighted by molar-refractivity contribution is 5.71. The van der Waals surface area contributed by atoms with Crippen LogP contribution in [-0.4, -0.2) is 12.3 Å². The summed E-state index contributed by atoms with van der Waals surface area (Å²) in [7, 11) is 0. The largest absolute Gasteiger partial charge is 0.573 e. The molecule has 0 N–H and O–H groups in total. The molecule has 16 heavy (non-hydrogen) atoms. The summed E-state index contributed by atoms with van der Waals surface area (Å²) in [5, 5.41) is 0. The molecule has 0 saturated carbocycles. The summed E-state index contributed by atoms with van der Waals surface area (Å²) in [6, 6.07) is 4.61. The SMILES string of the molecule is CCC(=O)Oc1ccc(OC(F)(F)F)cc1. The van der Waals surface area contributed by atoms with Crippen molar-refractivity contribution in [1.82, 2.24) is 0 Å². The highest BCUT2D eigenvalue weighted by atomic mass is 19.4. The van der Waals surface area contributed by atoms with Crippen molar-refractivity contribution in [2.24, 2.45) is 0 Å². The maximum atomic E-state index is 11.8. The van der Waals surface area contributed by atoms with Crippen molar-refractivity contribution in [3.8, 4) is 11.5 Å². The zero-order valence-corrected chi connectivity index (χ0v) is 8.38. The molecule has 0 radical (unpaired) electrons. The fourth-order valence-corrected chi connectivity index (χ4v) is 0.913. The summed E-state index contributed by atoms with van der Waals surface area (Å²) >= 11 is 0. The summed E-state index contributed by atoms with van der Waals surface area (Å²) in [5.41, 5.74) is 0. The summed E-state index contributed by atoms with van der Waals surface area (Å²) in [4.78, 5) is 10.9. The van der Waals surface area contributed by atoms with E-state index in [1.54, 1.807) is 6.92 Å². The van der Waals surface area contributed by atoms with Crippen LogP contribution in [0.3, 0.4) is 0 Å². The highest BCUT2D eigenvalue weighted by Crippen LogP contribution is 2.24. The molecule has 6 heteroatoms. The van der Waals surface area contributed by atoms with Crippen LogP contribution in [0.15, 0.2) is 24.3 Å². The predicted molar refractivity (Wildman–Crippen MR) is 49.1 cm³/mol. The van der Waals surface area contributed by atoms with E-state index in [-0.39, 0.29) is 17.9 Å². The predicted octanol–water partition coefficient (Wildman–Crippen LogP) is 2.90. The molecule has 1 rings (SSSR count). The van der Waals surface area contributed by atoms with E-state index in [4.69, 9.17) is 4.74 Å². The molecule has 0 heterocycles. The van der Waals surface area contributed by atoms with Gasteiger partial charge in [-0.15, -0.1) is 13.2 Å². The monoisotopic (exact) mass is 234 g/mol. The van der Waals surface area contributed by atoms with Gasteiger partial charge in [-0.2, -0.15) is 0 Å². The Labute approximate surface area is 89.8 Å². The number of hydrogen-bond donors (Lipinski definition) is 0. The number of rotatable bonds is 3. The van der Waals surface area contributed by atoms with Gasteiger partial charge in [-0.25, -0.2) is 0 Å². The molecule has 0 aliphatic rings. The highest BCUT2D eigenvalue weighted by Gasteiger charge is 2.30. The first-order valence-corrected chi connectivity index (χ1v) is 4.47. The standard InChI is InChI=1S/C10H9F3O3/c1-2-9(14)15-7-3-5-8(6-4-7)16-10(11,12)13/h3-6H,2H2,1H3. The lowest BCUT2D eigenvalue weighted by atomic mass is 10.3. The minimum absolute atomic E-state index is 0.182. The number of halogens is 3. The quantitative estimate of drug-likeness (QED) is 0.595. The molecular formula is C10H9F3O3. The molecule has 0 amide bonds. The van der Waals surface area contributed by atoms with Crippen LogP contribution in [0.2, 0.25) is 0 Å². The molecule has 1 aromatic rings. The molecule has 0 atom stereocenters. The first kappa shape index (κ1) is 12.4. The second kappa shape index (κ2) is 4.87. The zero-order chi connectivity index (χ0) is 12.2. The normalized spacial score (nSPS) is 11.0. The van der Waals surface area contributed by atoms with Gasteiger partial charge >= 0.3 is 12.3 Å². The number of carbonyl (C=O) groups excluding carboxylic acids is 1. The van der Waals surface area contributed by atoms with E-state index in [1.165, 1.54) is 12.1 Å². The Morgan fingerprint density at radius 2 is 1.69 bits per heavy atom. The van der Waals surface area contributed by atoms with Crippen LogP contribution in [-0.2, 0) is 4.79 Å². The Bertz CT molecular complexity index is 357. The first-order chi connectivity index (χ1) is 7.40. The molecule has 0 aliphatic carbocycles. The molecule has 0 spiro atoms. The van der Waals surface area contributed by atoms with Gasteiger partial charge in [-0.1, -0.05) is 6.92 Å². The van der Waals surface area contributed by atoms with Crippen LogP contribution < -0.4 is 9.47 Å². The van der Waals surface area contributed by atoms with Crippen LogP contribution in [0.5, 0.6) is 11.5 Å². The topological polar surface area (TPSA) is 35.5 Å². The Balaban J connectivity index is 2.64.